The van der Waals surface area contributed by atoms with Crippen molar-refractivity contribution in [2.45, 2.75) is 25.2 Å². The SMILES string of the molecule is CCCOOS(=O)(=O)c1ccc(C)cc1. The molecule has 0 saturated heterocycles. The molecule has 0 radical (unpaired) electrons. The van der Waals surface area contributed by atoms with E-state index in [1.165, 1.54) is 12.1 Å². The molecular formula is C10H14O4S. The van der Waals surface area contributed by atoms with Crippen LogP contribution in [0.2, 0.25) is 0 Å². The Morgan fingerprint density at radius 1 is 1.20 bits per heavy atom. The average Bonchev–Trinajstić information content (AvgIpc) is 2.18. The van der Waals surface area contributed by atoms with Gasteiger partial charge in [0.25, 0.3) is 0 Å². The van der Waals surface area contributed by atoms with Crippen LogP contribution in [0.5, 0.6) is 0 Å². The normalized spacial score (nSPS) is 11.6. The molecule has 1 rings (SSSR count). The van der Waals surface area contributed by atoms with Gasteiger partial charge in [-0.25, -0.2) is 4.89 Å². The second kappa shape index (κ2) is 5.25. The largest absolute Gasteiger partial charge is 0.323 e. The number of benzene rings is 1. The molecule has 0 bridgehead atoms. The van der Waals surface area contributed by atoms with Crippen LogP contribution in [0.25, 0.3) is 0 Å². The number of hydrogen-bond donors (Lipinski definition) is 0. The monoisotopic (exact) mass is 230 g/mol. The van der Waals surface area contributed by atoms with E-state index in [0.29, 0.717) is 6.42 Å². The van der Waals surface area contributed by atoms with Gasteiger partial charge in [0.15, 0.2) is 0 Å². The first-order valence-corrected chi connectivity index (χ1v) is 6.10. The third-order valence-corrected chi connectivity index (χ3v) is 2.86. The maximum Gasteiger partial charge on any atom is 0.323 e. The smallest absolute Gasteiger partial charge is 0.220 e. The molecule has 0 aliphatic rings. The van der Waals surface area contributed by atoms with Crippen molar-refractivity contribution < 1.29 is 17.6 Å². The van der Waals surface area contributed by atoms with Crippen molar-refractivity contribution in [1.82, 2.24) is 0 Å². The Hall–Kier alpha value is -0.910. The fourth-order valence-corrected chi connectivity index (χ4v) is 1.67. The summed E-state index contributed by atoms with van der Waals surface area (Å²) in [4.78, 5) is 4.65. The molecule has 0 unspecified atom stereocenters. The van der Waals surface area contributed by atoms with Crippen molar-refractivity contribution in [1.29, 1.82) is 0 Å². The van der Waals surface area contributed by atoms with E-state index >= 15 is 0 Å². The molecule has 84 valence electrons. The Kier molecular flexibility index (Phi) is 4.26. The van der Waals surface area contributed by atoms with Crippen molar-refractivity contribution >= 4 is 10.1 Å². The molecule has 15 heavy (non-hydrogen) atoms. The summed E-state index contributed by atoms with van der Waals surface area (Å²) in [5.74, 6) is 0. The zero-order chi connectivity index (χ0) is 11.3. The number of hydrogen-bond acceptors (Lipinski definition) is 4. The molecule has 0 aromatic heterocycles. The van der Waals surface area contributed by atoms with Gasteiger partial charge in [-0.3, -0.25) is 0 Å². The summed E-state index contributed by atoms with van der Waals surface area (Å²) in [6.45, 7) is 4.00. The minimum absolute atomic E-state index is 0.101. The van der Waals surface area contributed by atoms with Crippen LogP contribution in [0.3, 0.4) is 0 Å². The predicted octanol–water partition coefficient (Wildman–Crippen LogP) is 2.04. The zero-order valence-corrected chi connectivity index (χ0v) is 9.58. The Bertz CT molecular complexity index is 394. The minimum Gasteiger partial charge on any atom is -0.220 e. The van der Waals surface area contributed by atoms with Gasteiger partial charge < -0.3 is 0 Å². The molecule has 1 aromatic rings. The van der Waals surface area contributed by atoms with E-state index in [9.17, 15) is 8.42 Å². The molecular weight excluding hydrogens is 216 g/mol. The van der Waals surface area contributed by atoms with Crippen molar-refractivity contribution in [2.75, 3.05) is 6.61 Å². The second-order valence-electron chi connectivity index (χ2n) is 3.16. The molecule has 0 N–H and O–H groups in total. The molecule has 0 spiro atoms. The van der Waals surface area contributed by atoms with Gasteiger partial charge in [0, 0.05) is 0 Å². The third-order valence-electron chi connectivity index (χ3n) is 1.73. The maximum absolute atomic E-state index is 11.5. The lowest BCUT2D eigenvalue weighted by Gasteiger charge is -2.03. The van der Waals surface area contributed by atoms with E-state index in [1.807, 2.05) is 13.8 Å². The molecule has 0 aliphatic heterocycles. The summed E-state index contributed by atoms with van der Waals surface area (Å²) >= 11 is 0. The van der Waals surface area contributed by atoms with Gasteiger partial charge in [-0.15, -0.1) is 4.33 Å². The van der Waals surface area contributed by atoms with Crippen molar-refractivity contribution in [3.05, 3.63) is 29.8 Å². The van der Waals surface area contributed by atoms with E-state index in [4.69, 9.17) is 0 Å². The first kappa shape index (κ1) is 12.2. The summed E-state index contributed by atoms with van der Waals surface area (Å²) in [7, 11) is -3.77. The average molecular weight is 230 g/mol. The highest BCUT2D eigenvalue weighted by Crippen LogP contribution is 2.13. The third kappa shape index (κ3) is 3.62. The number of aryl methyl sites for hydroxylation is 1. The van der Waals surface area contributed by atoms with Crippen molar-refractivity contribution in [3.63, 3.8) is 0 Å². The lowest BCUT2D eigenvalue weighted by atomic mass is 10.2. The van der Waals surface area contributed by atoms with Gasteiger partial charge in [-0.05, 0) is 25.5 Å². The van der Waals surface area contributed by atoms with Crippen LogP contribution in [0, 0.1) is 6.92 Å². The molecule has 0 saturated carbocycles. The van der Waals surface area contributed by atoms with E-state index in [2.05, 4.69) is 9.22 Å². The standard InChI is InChI=1S/C10H14O4S/c1-3-8-13-14-15(11,12)10-6-4-9(2)5-7-10/h4-7H,3,8H2,1-2H3. The predicted molar refractivity (Wildman–Crippen MR) is 55.7 cm³/mol. The fraction of sp³-hybridized carbons (Fsp3) is 0.400. The highest BCUT2D eigenvalue weighted by atomic mass is 32.2. The molecule has 0 aliphatic carbocycles. The molecule has 0 fully saturated rings. The lowest BCUT2D eigenvalue weighted by molar-refractivity contribution is -0.201. The summed E-state index contributed by atoms with van der Waals surface area (Å²) in [5, 5.41) is 0. The van der Waals surface area contributed by atoms with Crippen LogP contribution in [0.4, 0.5) is 0 Å². The van der Waals surface area contributed by atoms with Gasteiger partial charge in [0.2, 0.25) is 0 Å². The van der Waals surface area contributed by atoms with Crippen LogP contribution < -0.4 is 0 Å². The highest BCUT2D eigenvalue weighted by Gasteiger charge is 2.15. The van der Waals surface area contributed by atoms with Gasteiger partial charge in [0.05, 0.1) is 11.5 Å². The Labute approximate surface area is 89.9 Å². The van der Waals surface area contributed by atoms with Crippen LogP contribution in [0.15, 0.2) is 29.2 Å². The van der Waals surface area contributed by atoms with Crippen LogP contribution in [-0.2, 0) is 19.3 Å². The topological polar surface area (TPSA) is 52.6 Å². The minimum atomic E-state index is -3.77. The summed E-state index contributed by atoms with van der Waals surface area (Å²) in [6.07, 6.45) is 0.698. The van der Waals surface area contributed by atoms with E-state index in [-0.39, 0.29) is 11.5 Å². The molecule has 0 amide bonds. The molecule has 0 atom stereocenters. The fourth-order valence-electron chi connectivity index (χ4n) is 0.925. The number of rotatable bonds is 5. The molecule has 0 heterocycles. The molecule has 4 nitrogen and oxygen atoms in total. The first-order valence-electron chi connectivity index (χ1n) is 4.69. The van der Waals surface area contributed by atoms with Gasteiger partial charge in [-0.2, -0.15) is 8.42 Å². The molecule has 5 heteroatoms. The quantitative estimate of drug-likeness (QED) is 0.441. The van der Waals surface area contributed by atoms with Crippen molar-refractivity contribution in [2.24, 2.45) is 0 Å². The summed E-state index contributed by atoms with van der Waals surface area (Å²) in [5.41, 5.74) is 0.989. The summed E-state index contributed by atoms with van der Waals surface area (Å²) in [6, 6.07) is 6.38. The van der Waals surface area contributed by atoms with Crippen LogP contribution in [-0.4, -0.2) is 15.0 Å². The van der Waals surface area contributed by atoms with E-state index < -0.39 is 10.1 Å². The van der Waals surface area contributed by atoms with Crippen LogP contribution >= 0.6 is 0 Å². The Balaban J connectivity index is 2.73. The highest BCUT2D eigenvalue weighted by molar-refractivity contribution is 7.86. The van der Waals surface area contributed by atoms with Crippen molar-refractivity contribution in [3.8, 4) is 0 Å². The lowest BCUT2D eigenvalue weighted by Crippen LogP contribution is -2.07. The van der Waals surface area contributed by atoms with E-state index in [0.717, 1.165) is 5.56 Å². The zero-order valence-electron chi connectivity index (χ0n) is 8.76. The van der Waals surface area contributed by atoms with Crippen LogP contribution in [0.1, 0.15) is 18.9 Å². The second-order valence-corrected chi connectivity index (χ2v) is 4.67. The first-order chi connectivity index (χ1) is 7.06. The van der Waals surface area contributed by atoms with E-state index in [1.54, 1.807) is 12.1 Å². The molecule has 1 aromatic carbocycles. The Morgan fingerprint density at radius 3 is 2.33 bits per heavy atom. The summed E-state index contributed by atoms with van der Waals surface area (Å²) < 4.78 is 27.3. The van der Waals surface area contributed by atoms with Gasteiger partial charge >= 0.3 is 10.1 Å². The van der Waals surface area contributed by atoms with Gasteiger partial charge in [-0.1, -0.05) is 24.6 Å². The van der Waals surface area contributed by atoms with Gasteiger partial charge in [0.1, 0.15) is 0 Å². The Morgan fingerprint density at radius 2 is 1.80 bits per heavy atom. The maximum atomic E-state index is 11.5.